The van der Waals surface area contributed by atoms with E-state index < -0.39 is 23.4 Å². The van der Waals surface area contributed by atoms with E-state index in [2.05, 4.69) is 5.32 Å². The molecule has 0 aliphatic carbocycles. The smallest absolute Gasteiger partial charge is 0.238 e. The van der Waals surface area contributed by atoms with Crippen LogP contribution >= 0.6 is 11.6 Å². The van der Waals surface area contributed by atoms with Gasteiger partial charge in [0.1, 0.15) is 11.5 Å². The number of carbonyl (C=O) groups excluding carboxylic acids is 3. The highest BCUT2D eigenvalue weighted by Crippen LogP contribution is 2.62. The van der Waals surface area contributed by atoms with Gasteiger partial charge in [-0.25, -0.2) is 0 Å². The minimum atomic E-state index is -1.40. The zero-order valence-corrected chi connectivity index (χ0v) is 22.9. The Hall–Kier alpha value is -4.88. The van der Waals surface area contributed by atoms with Gasteiger partial charge >= 0.3 is 0 Å². The van der Waals surface area contributed by atoms with Gasteiger partial charge in [-0.2, -0.15) is 0 Å². The fourth-order valence-corrected chi connectivity index (χ4v) is 7.31. The van der Waals surface area contributed by atoms with Crippen molar-refractivity contribution >= 4 is 40.8 Å². The summed E-state index contributed by atoms with van der Waals surface area (Å²) in [5, 5.41) is 3.55. The molecule has 7 nitrogen and oxygen atoms in total. The van der Waals surface area contributed by atoms with Gasteiger partial charge < -0.3 is 19.7 Å². The summed E-state index contributed by atoms with van der Waals surface area (Å²) in [4.78, 5) is 45.9. The lowest BCUT2D eigenvalue weighted by Crippen LogP contribution is -2.49. The normalized spacial score (nSPS) is 24.3. The topological polar surface area (TPSA) is 84.9 Å². The molecular weight excluding hydrogens is 552 g/mol. The first kappa shape index (κ1) is 24.9. The van der Waals surface area contributed by atoms with Gasteiger partial charge in [-0.15, -0.1) is 0 Å². The van der Waals surface area contributed by atoms with Crippen molar-refractivity contribution in [3.63, 3.8) is 0 Å². The lowest BCUT2D eigenvalue weighted by atomic mass is 9.62. The van der Waals surface area contributed by atoms with Gasteiger partial charge in [0.25, 0.3) is 0 Å². The molecular formula is C34H23ClN2O5. The first-order chi connectivity index (χ1) is 20.5. The number of nitrogens with zero attached hydrogens (tertiary/aromatic N) is 1. The zero-order valence-electron chi connectivity index (χ0n) is 22.1. The Balaban J connectivity index is 1.40. The van der Waals surface area contributed by atoms with Gasteiger partial charge in [0.15, 0.2) is 23.1 Å². The number of ether oxygens (including phenoxy) is 2. The number of Topliss-reactive ketones (excluding diaryl/α,β-unsaturated/α-hetero) is 2. The minimum absolute atomic E-state index is 0.0713. The molecule has 8 heteroatoms. The van der Waals surface area contributed by atoms with Crippen LogP contribution in [-0.4, -0.2) is 35.2 Å². The quantitative estimate of drug-likeness (QED) is 0.299. The number of rotatable bonds is 4. The third-order valence-electron chi connectivity index (χ3n) is 8.91. The Bertz CT molecular complexity index is 1850. The second-order valence-corrected chi connectivity index (χ2v) is 11.3. The molecule has 4 aromatic carbocycles. The number of para-hydroxylation sites is 1. The fraction of sp³-hybridized carbons (Fsp3) is 0.147. The predicted octanol–water partition coefficient (Wildman–Crippen LogP) is 6.05. The van der Waals surface area contributed by atoms with Crippen molar-refractivity contribution in [3.8, 4) is 11.5 Å². The van der Waals surface area contributed by atoms with Gasteiger partial charge in [0, 0.05) is 28.0 Å². The van der Waals surface area contributed by atoms with E-state index in [4.69, 9.17) is 21.1 Å². The predicted molar refractivity (Wildman–Crippen MR) is 157 cm³/mol. The summed E-state index contributed by atoms with van der Waals surface area (Å²) in [5.74, 6) is -0.953. The van der Waals surface area contributed by atoms with Crippen LogP contribution in [0.5, 0.6) is 11.5 Å². The van der Waals surface area contributed by atoms with Crippen molar-refractivity contribution in [2.45, 2.75) is 17.5 Å². The molecule has 8 rings (SSSR count). The minimum Gasteiger partial charge on any atom is -0.454 e. The summed E-state index contributed by atoms with van der Waals surface area (Å²) in [5.41, 5.74) is 2.49. The average Bonchev–Trinajstić information content (AvgIpc) is 3.70. The lowest BCUT2D eigenvalue weighted by molar-refractivity contribution is -0.122. The lowest BCUT2D eigenvalue weighted by Gasteiger charge is -2.38. The van der Waals surface area contributed by atoms with Crippen LogP contribution in [-0.2, 0) is 10.2 Å². The molecule has 42 heavy (non-hydrogen) atoms. The van der Waals surface area contributed by atoms with Crippen molar-refractivity contribution in [2.75, 3.05) is 12.1 Å². The van der Waals surface area contributed by atoms with E-state index in [1.807, 2.05) is 65.7 Å². The van der Waals surface area contributed by atoms with Crippen molar-refractivity contribution in [3.05, 3.63) is 130 Å². The maximum atomic E-state index is 14.8. The standard InChI is InChI=1S/C34H23ClN2O5/c35-22-12-9-20(10-13-22)30(38)28-29(31(39)21-11-14-26-27(17-21)42-18-41-26)37-16-15-19-5-1-2-6-23(19)32(37)34(28)24-7-3-4-8-25(24)36-33(34)40/h1-17,28-29,32H,18H2,(H,36,40)/t28-,29+,32+,34-/m1/s1. The zero-order chi connectivity index (χ0) is 28.6. The van der Waals surface area contributed by atoms with E-state index in [0.29, 0.717) is 38.9 Å². The van der Waals surface area contributed by atoms with Crippen LogP contribution in [0.15, 0.2) is 97.2 Å². The van der Waals surface area contributed by atoms with Crippen molar-refractivity contribution in [2.24, 2.45) is 5.92 Å². The van der Waals surface area contributed by atoms with E-state index in [1.54, 1.807) is 42.5 Å². The van der Waals surface area contributed by atoms with Crippen LogP contribution in [0, 0.1) is 5.92 Å². The second-order valence-electron chi connectivity index (χ2n) is 10.9. The van der Waals surface area contributed by atoms with Gasteiger partial charge in [-0.05, 0) is 71.3 Å². The Labute approximate surface area is 246 Å². The van der Waals surface area contributed by atoms with Crippen LogP contribution in [0.25, 0.3) is 6.08 Å². The summed E-state index contributed by atoms with van der Waals surface area (Å²) in [6.07, 6.45) is 3.79. The first-order valence-electron chi connectivity index (χ1n) is 13.7. The summed E-state index contributed by atoms with van der Waals surface area (Å²) in [6, 6.07) is 25.3. The first-order valence-corrected chi connectivity index (χ1v) is 14.1. The van der Waals surface area contributed by atoms with Gasteiger partial charge in [0.05, 0.1) is 12.0 Å². The summed E-state index contributed by atoms with van der Waals surface area (Å²) >= 11 is 6.18. The molecule has 1 amide bonds. The van der Waals surface area contributed by atoms with Crippen molar-refractivity contribution in [1.82, 2.24) is 4.90 Å². The van der Waals surface area contributed by atoms with Crippen molar-refractivity contribution in [1.29, 1.82) is 0 Å². The Morgan fingerprint density at radius 2 is 1.60 bits per heavy atom. The Morgan fingerprint density at radius 1 is 0.857 bits per heavy atom. The number of anilines is 1. The maximum absolute atomic E-state index is 14.8. The second kappa shape index (κ2) is 9.06. The third-order valence-corrected chi connectivity index (χ3v) is 9.16. The SMILES string of the molecule is O=C(c1ccc2c(c1)OCO2)[C@@H]1[C@H](C(=O)c2ccc(Cl)cc2)[C@@]2(C(=O)Nc3ccccc32)[C@@H]2c3ccccc3C=CN12. The molecule has 1 fully saturated rings. The number of halogens is 1. The summed E-state index contributed by atoms with van der Waals surface area (Å²) in [6.45, 7) is 0.0713. The molecule has 4 heterocycles. The van der Waals surface area contributed by atoms with E-state index in [-0.39, 0.29) is 24.3 Å². The highest BCUT2D eigenvalue weighted by Gasteiger charge is 2.70. The molecule has 4 aliphatic rings. The molecule has 0 saturated carbocycles. The largest absolute Gasteiger partial charge is 0.454 e. The molecule has 4 atom stereocenters. The maximum Gasteiger partial charge on any atom is 0.238 e. The van der Waals surface area contributed by atoms with Gasteiger partial charge in [-0.3, -0.25) is 14.4 Å². The number of benzene rings is 4. The fourth-order valence-electron chi connectivity index (χ4n) is 7.18. The highest BCUT2D eigenvalue weighted by atomic mass is 35.5. The highest BCUT2D eigenvalue weighted by molar-refractivity contribution is 6.30. The van der Waals surface area contributed by atoms with Crippen LogP contribution in [0.2, 0.25) is 5.02 Å². The molecule has 1 spiro atoms. The average molecular weight is 575 g/mol. The van der Waals surface area contributed by atoms with E-state index >= 15 is 0 Å². The third kappa shape index (κ3) is 3.31. The monoisotopic (exact) mass is 574 g/mol. The number of hydrogen-bond acceptors (Lipinski definition) is 6. The summed E-state index contributed by atoms with van der Waals surface area (Å²) in [7, 11) is 0. The number of fused-ring (bicyclic) bond motifs is 7. The van der Waals surface area contributed by atoms with Crippen LogP contribution in [0.1, 0.15) is 43.4 Å². The van der Waals surface area contributed by atoms with Crippen molar-refractivity contribution < 1.29 is 23.9 Å². The van der Waals surface area contributed by atoms with Gasteiger partial charge in [-0.1, -0.05) is 54.1 Å². The molecule has 206 valence electrons. The number of carbonyl (C=O) groups is 3. The summed E-state index contributed by atoms with van der Waals surface area (Å²) < 4.78 is 11.0. The Kier molecular flexibility index (Phi) is 5.37. The molecule has 4 aromatic rings. The molecule has 1 saturated heterocycles. The van der Waals surface area contributed by atoms with Crippen LogP contribution in [0.4, 0.5) is 5.69 Å². The van der Waals surface area contributed by atoms with Gasteiger partial charge in [0.2, 0.25) is 12.7 Å². The van der Waals surface area contributed by atoms with E-state index in [1.165, 1.54) is 0 Å². The molecule has 0 unspecified atom stereocenters. The molecule has 1 N–H and O–H groups in total. The van der Waals surface area contributed by atoms with E-state index in [0.717, 1.165) is 11.1 Å². The van der Waals surface area contributed by atoms with E-state index in [9.17, 15) is 14.4 Å². The van der Waals surface area contributed by atoms with Crippen LogP contribution < -0.4 is 14.8 Å². The molecule has 0 radical (unpaired) electrons. The molecule has 0 aromatic heterocycles. The number of ketones is 2. The molecule has 4 aliphatic heterocycles. The van der Waals surface area contributed by atoms with Crippen LogP contribution in [0.3, 0.4) is 0 Å². The number of hydrogen-bond donors (Lipinski definition) is 1. The Morgan fingerprint density at radius 3 is 2.45 bits per heavy atom. The number of amides is 1. The number of nitrogens with one attached hydrogen (secondary N) is 1. The molecule has 0 bridgehead atoms.